The number of amides is 1. The fourth-order valence-electron chi connectivity index (χ4n) is 4.45. The van der Waals surface area contributed by atoms with Crippen molar-refractivity contribution in [2.24, 2.45) is 0 Å². The Kier molecular flexibility index (Phi) is 7.83. The number of rotatable bonds is 7. The van der Waals surface area contributed by atoms with Crippen LogP contribution in [0.4, 0.5) is 5.82 Å². The molecule has 0 aliphatic carbocycles. The molecule has 0 radical (unpaired) electrons. The number of pyridine rings is 1. The second kappa shape index (κ2) is 11.0. The van der Waals surface area contributed by atoms with Crippen molar-refractivity contribution in [3.8, 4) is 0 Å². The number of nitrogens with one attached hydrogen (secondary N) is 1. The smallest absolute Gasteiger partial charge is 0.242 e. The van der Waals surface area contributed by atoms with E-state index in [2.05, 4.69) is 50.1 Å². The molecule has 31 heavy (non-hydrogen) atoms. The van der Waals surface area contributed by atoms with Crippen molar-refractivity contribution in [1.29, 1.82) is 0 Å². The summed E-state index contributed by atoms with van der Waals surface area (Å²) in [5, 5.41) is 3.31. The van der Waals surface area contributed by atoms with Gasteiger partial charge in [0.25, 0.3) is 0 Å². The van der Waals surface area contributed by atoms with Gasteiger partial charge in [-0.3, -0.25) is 14.6 Å². The first-order valence-corrected chi connectivity index (χ1v) is 12.4. The van der Waals surface area contributed by atoms with Crippen LogP contribution >= 0.6 is 11.8 Å². The first-order valence-electron chi connectivity index (χ1n) is 11.3. The Hall–Kier alpha value is -2.09. The lowest BCUT2D eigenvalue weighted by molar-refractivity contribution is -0.127. The number of anilines is 1. The Balaban J connectivity index is 1.31. The number of carbonyl (C=O) groups is 1. The van der Waals surface area contributed by atoms with Crippen LogP contribution in [0.15, 0.2) is 54.7 Å². The summed E-state index contributed by atoms with van der Waals surface area (Å²) in [6, 6.07) is 16.2. The summed E-state index contributed by atoms with van der Waals surface area (Å²) in [5.74, 6) is 3.35. The van der Waals surface area contributed by atoms with Crippen molar-refractivity contribution >= 4 is 23.5 Å². The Morgan fingerprint density at radius 3 is 2.39 bits per heavy atom. The maximum atomic E-state index is 13.3. The molecule has 2 aliphatic rings. The van der Waals surface area contributed by atoms with Gasteiger partial charge in [-0.1, -0.05) is 36.4 Å². The Bertz CT molecular complexity index is 807. The maximum absolute atomic E-state index is 13.3. The Morgan fingerprint density at radius 2 is 1.71 bits per heavy atom. The molecule has 0 spiro atoms. The number of aromatic nitrogens is 1. The molecule has 2 unspecified atom stereocenters. The molecular weight excluding hydrogens is 406 g/mol. The molecule has 1 aromatic carbocycles. The van der Waals surface area contributed by atoms with E-state index < -0.39 is 0 Å². The van der Waals surface area contributed by atoms with Gasteiger partial charge in [-0.05, 0) is 24.6 Å². The second-order valence-corrected chi connectivity index (χ2v) is 9.57. The van der Waals surface area contributed by atoms with Crippen molar-refractivity contribution in [2.45, 2.75) is 19.0 Å². The Morgan fingerprint density at radius 1 is 1.00 bits per heavy atom. The minimum Gasteiger partial charge on any atom is -0.354 e. The van der Waals surface area contributed by atoms with Crippen molar-refractivity contribution < 1.29 is 4.79 Å². The zero-order valence-corrected chi connectivity index (χ0v) is 19.1. The summed E-state index contributed by atoms with van der Waals surface area (Å²) >= 11 is 1.97. The highest BCUT2D eigenvalue weighted by molar-refractivity contribution is 7.99. The van der Waals surface area contributed by atoms with Gasteiger partial charge in [-0.25, -0.2) is 4.98 Å². The average Bonchev–Trinajstić information content (AvgIpc) is 2.82. The van der Waals surface area contributed by atoms with E-state index in [1.165, 1.54) is 0 Å². The fourth-order valence-corrected chi connectivity index (χ4v) is 5.39. The van der Waals surface area contributed by atoms with Gasteiger partial charge in [0.05, 0.1) is 0 Å². The molecule has 4 rings (SSSR count). The van der Waals surface area contributed by atoms with Gasteiger partial charge >= 0.3 is 0 Å². The van der Waals surface area contributed by atoms with E-state index in [0.29, 0.717) is 0 Å². The van der Waals surface area contributed by atoms with Crippen molar-refractivity contribution in [1.82, 2.24) is 20.1 Å². The maximum Gasteiger partial charge on any atom is 0.242 e. The van der Waals surface area contributed by atoms with Crippen LogP contribution in [0.25, 0.3) is 0 Å². The number of nitrogens with zero attached hydrogens (tertiary/aromatic N) is 4. The predicted octanol–water partition coefficient (Wildman–Crippen LogP) is 2.50. The van der Waals surface area contributed by atoms with Gasteiger partial charge in [-0.15, -0.1) is 0 Å². The predicted molar refractivity (Wildman–Crippen MR) is 129 cm³/mol. The molecule has 1 N–H and O–H groups in total. The number of piperazine rings is 1. The lowest BCUT2D eigenvalue weighted by atomic mass is 10.0. The number of carbonyl (C=O) groups excluding carboxylic acids is 1. The number of hydrogen-bond donors (Lipinski definition) is 1. The van der Waals surface area contributed by atoms with E-state index in [0.717, 1.165) is 68.7 Å². The lowest BCUT2D eigenvalue weighted by Gasteiger charge is -2.37. The highest BCUT2D eigenvalue weighted by Gasteiger charge is 2.30. The van der Waals surface area contributed by atoms with E-state index in [1.807, 2.05) is 48.3 Å². The van der Waals surface area contributed by atoms with E-state index in [4.69, 9.17) is 0 Å². The van der Waals surface area contributed by atoms with Crippen LogP contribution in [0.3, 0.4) is 0 Å². The summed E-state index contributed by atoms with van der Waals surface area (Å²) in [7, 11) is 0. The zero-order chi connectivity index (χ0) is 21.5. The number of thioether (sulfide) groups is 1. The topological polar surface area (TPSA) is 51.7 Å². The van der Waals surface area contributed by atoms with Crippen LogP contribution in [0.1, 0.15) is 18.5 Å². The summed E-state index contributed by atoms with van der Waals surface area (Å²) in [4.78, 5) is 24.9. The van der Waals surface area contributed by atoms with Gasteiger partial charge in [0, 0.05) is 69.6 Å². The van der Waals surface area contributed by atoms with Crippen LogP contribution in [0.5, 0.6) is 0 Å². The summed E-state index contributed by atoms with van der Waals surface area (Å²) < 4.78 is 0. The quantitative estimate of drug-likeness (QED) is 0.716. The number of hydrogen-bond acceptors (Lipinski definition) is 6. The average molecular weight is 440 g/mol. The van der Waals surface area contributed by atoms with E-state index in [9.17, 15) is 4.79 Å². The van der Waals surface area contributed by atoms with Crippen LogP contribution in [0.2, 0.25) is 0 Å². The molecule has 1 amide bonds. The third kappa shape index (κ3) is 5.99. The first kappa shape index (κ1) is 22.1. The van der Waals surface area contributed by atoms with Gasteiger partial charge < -0.3 is 10.2 Å². The van der Waals surface area contributed by atoms with E-state index in [1.54, 1.807) is 0 Å². The van der Waals surface area contributed by atoms with E-state index >= 15 is 0 Å². The van der Waals surface area contributed by atoms with Gasteiger partial charge in [0.15, 0.2) is 0 Å². The first-order chi connectivity index (χ1) is 15.2. The zero-order valence-electron chi connectivity index (χ0n) is 18.3. The lowest BCUT2D eigenvalue weighted by Crippen LogP contribution is -2.52. The van der Waals surface area contributed by atoms with Crippen LogP contribution in [-0.4, -0.2) is 84.1 Å². The van der Waals surface area contributed by atoms with Gasteiger partial charge in [0.1, 0.15) is 11.9 Å². The largest absolute Gasteiger partial charge is 0.354 e. The molecule has 0 bridgehead atoms. The van der Waals surface area contributed by atoms with Crippen molar-refractivity contribution in [2.75, 3.05) is 62.2 Å². The molecule has 0 saturated carbocycles. The fraction of sp³-hybridized carbons (Fsp3) is 0.500. The molecular formula is C24H33N5OS. The summed E-state index contributed by atoms with van der Waals surface area (Å²) in [5.41, 5.74) is 1.09. The minimum atomic E-state index is -0.203. The van der Waals surface area contributed by atoms with Crippen molar-refractivity contribution in [3.05, 3.63) is 60.3 Å². The molecule has 2 aliphatic heterocycles. The molecule has 6 nitrogen and oxygen atoms in total. The molecule has 2 saturated heterocycles. The molecule has 166 valence electrons. The second-order valence-electron chi connectivity index (χ2n) is 8.35. The monoisotopic (exact) mass is 439 g/mol. The van der Waals surface area contributed by atoms with Crippen LogP contribution in [0, 0.1) is 0 Å². The molecule has 2 atom stereocenters. The van der Waals surface area contributed by atoms with Crippen molar-refractivity contribution in [3.63, 3.8) is 0 Å². The molecule has 2 aromatic rings. The van der Waals surface area contributed by atoms with Gasteiger partial charge in [-0.2, -0.15) is 11.8 Å². The molecule has 2 fully saturated rings. The molecule has 7 heteroatoms. The van der Waals surface area contributed by atoms with Crippen LogP contribution in [-0.2, 0) is 4.79 Å². The summed E-state index contributed by atoms with van der Waals surface area (Å²) in [6.45, 7) is 8.83. The highest BCUT2D eigenvalue weighted by atomic mass is 32.2. The number of benzene rings is 1. The Labute approximate surface area is 190 Å². The third-order valence-electron chi connectivity index (χ3n) is 6.04. The van der Waals surface area contributed by atoms with E-state index in [-0.39, 0.29) is 18.0 Å². The standard InChI is InChI=1S/C24H33N5OS/c1-20(19-27-11-13-28(14-12-27)22-9-5-6-10-25-22)26-24(30)23(21-7-3-2-4-8-21)29-15-17-31-18-16-29/h2-10,20,23H,11-19H2,1H3,(H,26,30). The summed E-state index contributed by atoms with van der Waals surface area (Å²) in [6.07, 6.45) is 1.85. The molecule has 3 heterocycles. The minimum absolute atomic E-state index is 0.110. The normalized spacial score (nSPS) is 20.2. The van der Waals surface area contributed by atoms with Crippen LogP contribution < -0.4 is 10.2 Å². The van der Waals surface area contributed by atoms with Gasteiger partial charge in [0.2, 0.25) is 5.91 Å². The third-order valence-corrected chi connectivity index (χ3v) is 6.98. The highest BCUT2D eigenvalue weighted by Crippen LogP contribution is 2.24. The SMILES string of the molecule is CC(CN1CCN(c2ccccn2)CC1)NC(=O)C(c1ccccc1)N1CCSCC1. The molecule has 1 aromatic heterocycles.